The molecular weight excluding hydrogens is 1020 g/mol. The molecule has 0 aliphatic rings. The van der Waals surface area contributed by atoms with E-state index in [1.165, 1.54) is 12.1 Å². The van der Waals surface area contributed by atoms with E-state index in [1.807, 2.05) is 111 Å². The summed E-state index contributed by atoms with van der Waals surface area (Å²) in [6, 6.07) is 42.9. The Balaban J connectivity index is 0.000000182. The van der Waals surface area contributed by atoms with E-state index >= 15 is 0 Å². The Bertz CT molecular complexity index is 3620. The van der Waals surface area contributed by atoms with E-state index in [1.54, 1.807) is 57.9 Å². The highest BCUT2D eigenvalue weighted by Gasteiger charge is 2.19. The molecule has 0 bridgehead atoms. The molecule has 0 unspecified atom stereocenters. The Hall–Kier alpha value is -6.62. The maximum atomic E-state index is 13.6. The van der Waals surface area contributed by atoms with Crippen LogP contribution >= 0.6 is 34.8 Å². The largest absolute Gasteiger partial charge is 1.00 e. The number of benzene rings is 4. The standard InChI is InChI=1S/C25H19ClN4O2.C17H15ClN2O.C8H5ClN2O.CH4.HI/c1-15(28-20-14-22(31)29-19-11-6-12-27-24(19)20)21-13-16-7-5-10-18(26)23(16)25(32)30(21)17-8-3-2-4-9-17;1-11(19)15-10-12-6-5-9-14(18)16(12)17(21)20(15)13-7-3-2-4-8-13;9-5-4-7(12)11-6-2-1-3-10-8(5)6;;/h2-15H,1H3,(H2,28,29,31);2-11H,19H2,1H3;1-4H,(H,11,12);1H4;1H/p-1/t15-;11-;;;/m00.../s1. The first-order valence-corrected chi connectivity index (χ1v) is 21.5. The zero-order chi connectivity index (χ0) is 45.8. The van der Waals surface area contributed by atoms with Gasteiger partial charge in [-0.15, -0.1) is 0 Å². The summed E-state index contributed by atoms with van der Waals surface area (Å²) >= 11 is 18.4. The van der Waals surface area contributed by atoms with Gasteiger partial charge in [0.05, 0.1) is 48.6 Å². The first-order valence-electron chi connectivity index (χ1n) is 20.3. The van der Waals surface area contributed by atoms with Gasteiger partial charge in [0, 0.05) is 53.3 Å². The fraction of sp³-hybridized carbons (Fsp3) is 0.0980. The predicted molar refractivity (Wildman–Crippen MR) is 270 cm³/mol. The molecule has 0 saturated carbocycles. The first kappa shape index (κ1) is 49.8. The van der Waals surface area contributed by atoms with E-state index in [-0.39, 0.29) is 65.7 Å². The van der Waals surface area contributed by atoms with E-state index in [4.69, 9.17) is 40.5 Å². The molecular formula is C51H43Cl3IN8O4-. The van der Waals surface area contributed by atoms with Crippen molar-refractivity contribution in [3.63, 3.8) is 0 Å². The van der Waals surface area contributed by atoms with Crippen LogP contribution in [0.25, 0.3) is 55.0 Å². The highest BCUT2D eigenvalue weighted by Crippen LogP contribution is 2.29. The maximum Gasteiger partial charge on any atom is 0.264 e. The van der Waals surface area contributed by atoms with Crippen LogP contribution in [0.3, 0.4) is 0 Å². The predicted octanol–water partition coefficient (Wildman–Crippen LogP) is 7.93. The fourth-order valence-corrected chi connectivity index (χ4v) is 8.35. The van der Waals surface area contributed by atoms with Gasteiger partial charge in [-0.05, 0) is 97.4 Å². The summed E-state index contributed by atoms with van der Waals surface area (Å²) in [6.45, 7) is 3.81. The maximum absolute atomic E-state index is 13.6. The van der Waals surface area contributed by atoms with Crippen molar-refractivity contribution in [1.29, 1.82) is 0 Å². The van der Waals surface area contributed by atoms with Crippen molar-refractivity contribution >= 4 is 84.1 Å². The highest BCUT2D eigenvalue weighted by atomic mass is 127. The number of nitrogens with zero attached hydrogens (tertiary/aromatic N) is 4. The van der Waals surface area contributed by atoms with Crippen LogP contribution in [-0.2, 0) is 0 Å². The number of nitrogens with one attached hydrogen (secondary N) is 3. The molecule has 12 nitrogen and oxygen atoms in total. The fourth-order valence-electron chi connectivity index (χ4n) is 7.57. The zero-order valence-corrected chi connectivity index (χ0v) is 39.6. The van der Waals surface area contributed by atoms with Crippen LogP contribution in [0.5, 0.6) is 0 Å². The minimum absolute atomic E-state index is 0. The SMILES string of the molecule is C.C[C@H](N)c1cc2cccc(Cl)c2c(=O)n1-c1ccccc1.C[C@H](Nc1cc(=O)[nH]c2cccnc12)c1cc2cccc(Cl)c2c(=O)n1-c1ccccc1.O=c1cc(Cl)c2ncccc2[nH]1.[I-]. The van der Waals surface area contributed by atoms with Crippen LogP contribution in [0.1, 0.15) is 44.7 Å². The average molecular weight is 1070 g/mol. The molecule has 0 radical (unpaired) electrons. The summed E-state index contributed by atoms with van der Waals surface area (Å²) in [6.07, 6.45) is 3.31. The quantitative estimate of drug-likeness (QED) is 0.122. The Labute approximate surface area is 416 Å². The number of fused-ring (bicyclic) bond motifs is 4. The summed E-state index contributed by atoms with van der Waals surface area (Å²) < 4.78 is 3.30. The Kier molecular flexibility index (Phi) is 16.2. The summed E-state index contributed by atoms with van der Waals surface area (Å²) in [5.74, 6) is 0. The Morgan fingerprint density at radius 2 is 1.01 bits per heavy atom. The number of para-hydroxylation sites is 2. The van der Waals surface area contributed by atoms with E-state index in [0.29, 0.717) is 53.6 Å². The summed E-state index contributed by atoms with van der Waals surface area (Å²) in [5, 5.41) is 7.19. The van der Waals surface area contributed by atoms with Crippen molar-refractivity contribution in [2.24, 2.45) is 5.73 Å². The van der Waals surface area contributed by atoms with Crippen molar-refractivity contribution in [3.8, 4) is 11.4 Å². The summed E-state index contributed by atoms with van der Waals surface area (Å²) in [7, 11) is 0. The van der Waals surface area contributed by atoms with Crippen LogP contribution in [-0.4, -0.2) is 29.1 Å². The van der Waals surface area contributed by atoms with Crippen LogP contribution < -0.4 is 57.3 Å². The monoisotopic (exact) mass is 1060 g/mol. The van der Waals surface area contributed by atoms with Crippen molar-refractivity contribution < 1.29 is 24.0 Å². The van der Waals surface area contributed by atoms with E-state index in [9.17, 15) is 19.2 Å². The third kappa shape index (κ3) is 10.7. The number of pyridine rings is 6. The number of anilines is 1. The van der Waals surface area contributed by atoms with Gasteiger partial charge in [0.15, 0.2) is 0 Å². The first-order chi connectivity index (χ1) is 31.4. The molecule has 6 heterocycles. The van der Waals surface area contributed by atoms with Gasteiger partial charge in [-0.1, -0.05) is 103 Å². The third-order valence-corrected chi connectivity index (χ3v) is 11.4. The van der Waals surface area contributed by atoms with Crippen LogP contribution in [0.15, 0.2) is 177 Å². The lowest BCUT2D eigenvalue weighted by molar-refractivity contribution is -0.0000134. The molecule has 6 aromatic heterocycles. The normalized spacial score (nSPS) is 11.6. The topological polar surface area (TPSA) is 174 Å². The van der Waals surface area contributed by atoms with Crippen molar-refractivity contribution in [1.82, 2.24) is 29.1 Å². The van der Waals surface area contributed by atoms with Gasteiger partial charge in [0.1, 0.15) is 11.0 Å². The molecule has 0 spiro atoms. The molecule has 0 aliphatic carbocycles. The van der Waals surface area contributed by atoms with E-state index in [0.717, 1.165) is 33.5 Å². The number of halogens is 4. The third-order valence-electron chi connectivity index (χ3n) is 10.5. The molecule has 67 heavy (non-hydrogen) atoms. The molecule has 10 aromatic rings. The van der Waals surface area contributed by atoms with Gasteiger partial charge in [-0.25, -0.2) is 0 Å². The number of hydrogen-bond acceptors (Lipinski definition) is 8. The van der Waals surface area contributed by atoms with Gasteiger partial charge < -0.3 is 45.0 Å². The lowest BCUT2D eigenvalue weighted by atomic mass is 10.1. The van der Waals surface area contributed by atoms with Gasteiger partial charge in [-0.2, -0.15) is 0 Å². The number of hydrogen-bond donors (Lipinski definition) is 4. The second-order valence-electron chi connectivity index (χ2n) is 15.0. The van der Waals surface area contributed by atoms with Gasteiger partial charge in [-0.3, -0.25) is 38.3 Å². The van der Waals surface area contributed by atoms with Crippen molar-refractivity contribution in [3.05, 3.63) is 226 Å². The second-order valence-corrected chi connectivity index (χ2v) is 16.2. The number of H-pyrrole nitrogens is 2. The number of aromatic nitrogens is 6. The Morgan fingerprint density at radius 3 is 1.54 bits per heavy atom. The smallest absolute Gasteiger partial charge is 0.264 e. The molecule has 2 atom stereocenters. The molecule has 0 fully saturated rings. The van der Waals surface area contributed by atoms with E-state index < -0.39 is 0 Å². The minimum Gasteiger partial charge on any atom is -1.00 e. The molecule has 10 rings (SSSR count). The van der Waals surface area contributed by atoms with Gasteiger partial charge >= 0.3 is 0 Å². The number of nitrogens with two attached hydrogens (primary N) is 1. The highest BCUT2D eigenvalue weighted by molar-refractivity contribution is 6.36. The van der Waals surface area contributed by atoms with Crippen LogP contribution in [0, 0.1) is 0 Å². The van der Waals surface area contributed by atoms with E-state index in [2.05, 4.69) is 25.3 Å². The van der Waals surface area contributed by atoms with Crippen LogP contribution in [0.4, 0.5) is 5.69 Å². The number of aromatic amines is 2. The Morgan fingerprint density at radius 1 is 0.552 bits per heavy atom. The number of rotatable bonds is 6. The van der Waals surface area contributed by atoms with Gasteiger partial charge in [0.2, 0.25) is 5.56 Å². The van der Waals surface area contributed by atoms with Crippen molar-refractivity contribution in [2.45, 2.75) is 33.4 Å². The lowest BCUT2D eigenvalue weighted by Gasteiger charge is -2.22. The molecule has 4 aromatic carbocycles. The average Bonchev–Trinajstić information content (AvgIpc) is 3.29. The minimum atomic E-state index is -0.321. The summed E-state index contributed by atoms with van der Waals surface area (Å²) in [4.78, 5) is 63.4. The molecule has 5 N–H and O–H groups in total. The molecule has 340 valence electrons. The molecule has 16 heteroatoms. The zero-order valence-electron chi connectivity index (χ0n) is 35.2. The lowest BCUT2D eigenvalue weighted by Crippen LogP contribution is -3.00. The molecule has 0 saturated heterocycles. The summed E-state index contributed by atoms with van der Waals surface area (Å²) in [5.41, 5.74) is 11.5. The van der Waals surface area contributed by atoms with Gasteiger partial charge in [0.25, 0.3) is 16.7 Å². The second kappa shape index (κ2) is 21.8. The molecule has 0 amide bonds. The van der Waals surface area contributed by atoms with Crippen molar-refractivity contribution in [2.75, 3.05) is 5.32 Å². The van der Waals surface area contributed by atoms with Crippen LogP contribution in [0.2, 0.25) is 15.1 Å². The molecule has 0 aliphatic heterocycles.